The topological polar surface area (TPSA) is 108 Å². The SMILES string of the molecule is CCOC(=O)[C@@H](C[C@@H](Cc1ccc(-c2cc(Cl)ccc2F)cc1)NC(=O)OC(C)(C)C)C(O[SH](=O)=O)c1ccc(C)cc1. The van der Waals surface area contributed by atoms with Crippen LogP contribution >= 0.6 is 11.6 Å². The van der Waals surface area contributed by atoms with E-state index in [4.69, 9.17) is 25.3 Å². The molecule has 1 unspecified atom stereocenters. The lowest BCUT2D eigenvalue weighted by Crippen LogP contribution is -2.43. The van der Waals surface area contributed by atoms with E-state index in [-0.39, 0.29) is 19.4 Å². The third-order valence-corrected chi connectivity index (χ3v) is 7.13. The number of halogens is 2. The summed E-state index contributed by atoms with van der Waals surface area (Å²) in [5, 5.41) is 3.23. The Morgan fingerprint density at radius 1 is 1.00 bits per heavy atom. The molecule has 8 nitrogen and oxygen atoms in total. The summed E-state index contributed by atoms with van der Waals surface area (Å²) in [6, 6.07) is 17.6. The fourth-order valence-electron chi connectivity index (χ4n) is 4.61. The number of rotatable bonds is 12. The van der Waals surface area contributed by atoms with Crippen LogP contribution in [-0.4, -0.2) is 38.7 Å². The average Bonchev–Trinajstić information content (AvgIpc) is 2.92. The minimum Gasteiger partial charge on any atom is -0.466 e. The van der Waals surface area contributed by atoms with Gasteiger partial charge in [-0.2, -0.15) is 0 Å². The number of nitrogens with one attached hydrogen (secondary N) is 1. The molecule has 0 saturated heterocycles. The van der Waals surface area contributed by atoms with Crippen molar-refractivity contribution in [3.8, 4) is 11.1 Å². The third-order valence-electron chi connectivity index (χ3n) is 6.50. The Morgan fingerprint density at radius 3 is 2.23 bits per heavy atom. The second-order valence-corrected chi connectivity index (χ2v) is 12.2. The second kappa shape index (κ2) is 15.3. The van der Waals surface area contributed by atoms with Crippen LogP contribution in [0, 0.1) is 18.7 Å². The van der Waals surface area contributed by atoms with Crippen LogP contribution in [0.25, 0.3) is 11.1 Å². The molecule has 43 heavy (non-hydrogen) atoms. The molecule has 3 aromatic carbocycles. The number of benzene rings is 3. The van der Waals surface area contributed by atoms with Gasteiger partial charge in [-0.25, -0.2) is 17.6 Å². The maximum atomic E-state index is 14.4. The van der Waals surface area contributed by atoms with Crippen molar-refractivity contribution in [1.82, 2.24) is 5.32 Å². The predicted molar refractivity (Wildman–Crippen MR) is 164 cm³/mol. The summed E-state index contributed by atoms with van der Waals surface area (Å²) in [5.41, 5.74) is 2.33. The average molecular weight is 634 g/mol. The van der Waals surface area contributed by atoms with Crippen LogP contribution in [0.2, 0.25) is 5.02 Å². The van der Waals surface area contributed by atoms with Crippen molar-refractivity contribution >= 4 is 34.6 Å². The summed E-state index contributed by atoms with van der Waals surface area (Å²) in [7, 11) is -3.34. The van der Waals surface area contributed by atoms with Crippen molar-refractivity contribution in [2.45, 2.75) is 65.2 Å². The summed E-state index contributed by atoms with van der Waals surface area (Å²) in [6.45, 7) is 8.76. The number of carbonyl (C=O) groups excluding carboxylic acids is 2. The third kappa shape index (κ3) is 10.6. The van der Waals surface area contributed by atoms with Gasteiger partial charge in [-0.1, -0.05) is 65.7 Å². The summed E-state index contributed by atoms with van der Waals surface area (Å²) in [4.78, 5) is 26.1. The molecule has 232 valence electrons. The number of carbonyl (C=O) groups is 2. The van der Waals surface area contributed by atoms with Crippen LogP contribution in [0.5, 0.6) is 0 Å². The van der Waals surface area contributed by atoms with Gasteiger partial charge in [0.05, 0.1) is 12.5 Å². The van der Waals surface area contributed by atoms with Gasteiger partial charge in [0.15, 0.2) is 0 Å². The lowest BCUT2D eigenvalue weighted by Gasteiger charge is -2.29. The summed E-state index contributed by atoms with van der Waals surface area (Å²) < 4.78 is 54.1. The molecule has 0 heterocycles. The first-order chi connectivity index (χ1) is 20.3. The van der Waals surface area contributed by atoms with Gasteiger partial charge < -0.3 is 14.8 Å². The van der Waals surface area contributed by atoms with Gasteiger partial charge in [-0.15, -0.1) is 0 Å². The Hall–Kier alpha value is -3.47. The fourth-order valence-corrected chi connectivity index (χ4v) is 5.23. The van der Waals surface area contributed by atoms with Crippen molar-refractivity contribution in [2.75, 3.05) is 6.61 Å². The number of thiol groups is 1. The molecular formula is C32H37ClFNO7S. The van der Waals surface area contributed by atoms with E-state index < -0.39 is 52.5 Å². The zero-order chi connectivity index (χ0) is 31.7. The zero-order valence-electron chi connectivity index (χ0n) is 24.8. The monoisotopic (exact) mass is 633 g/mol. The largest absolute Gasteiger partial charge is 0.466 e. The highest BCUT2D eigenvalue weighted by Crippen LogP contribution is 2.33. The molecule has 1 amide bonds. The molecule has 0 aliphatic heterocycles. The molecule has 0 fully saturated rings. The normalized spacial score (nSPS) is 13.7. The van der Waals surface area contributed by atoms with E-state index in [2.05, 4.69) is 5.32 Å². The minimum atomic E-state index is -3.34. The molecular weight excluding hydrogens is 597 g/mol. The van der Waals surface area contributed by atoms with Crippen molar-refractivity contribution in [3.63, 3.8) is 0 Å². The van der Waals surface area contributed by atoms with Crippen LogP contribution in [0.4, 0.5) is 9.18 Å². The lowest BCUT2D eigenvalue weighted by atomic mass is 9.87. The number of ether oxygens (including phenoxy) is 2. The van der Waals surface area contributed by atoms with Crippen LogP contribution in [0.1, 0.15) is 56.9 Å². The minimum absolute atomic E-state index is 0.0372. The highest BCUT2D eigenvalue weighted by molar-refractivity contribution is 7.67. The van der Waals surface area contributed by atoms with Crippen LogP contribution in [0.3, 0.4) is 0 Å². The fraction of sp³-hybridized carbons (Fsp3) is 0.375. The first-order valence-electron chi connectivity index (χ1n) is 13.8. The smallest absolute Gasteiger partial charge is 0.407 e. The van der Waals surface area contributed by atoms with Gasteiger partial charge >= 0.3 is 12.1 Å². The molecule has 0 saturated carbocycles. The van der Waals surface area contributed by atoms with Gasteiger partial charge in [-0.05, 0) is 82.3 Å². The van der Waals surface area contributed by atoms with Gasteiger partial charge in [-0.3, -0.25) is 8.98 Å². The number of aryl methyl sites for hydroxylation is 1. The Bertz CT molecular complexity index is 1460. The molecule has 0 aliphatic carbocycles. The van der Waals surface area contributed by atoms with Crippen molar-refractivity contribution < 1.29 is 36.1 Å². The van der Waals surface area contributed by atoms with Gasteiger partial charge in [0.2, 0.25) is 0 Å². The second-order valence-electron chi connectivity index (χ2n) is 11.1. The van der Waals surface area contributed by atoms with Crippen LogP contribution in [0.15, 0.2) is 66.7 Å². The predicted octanol–water partition coefficient (Wildman–Crippen LogP) is 6.74. The molecule has 0 aromatic heterocycles. The molecule has 3 aromatic rings. The van der Waals surface area contributed by atoms with Gasteiger partial charge in [0.1, 0.15) is 17.5 Å². The van der Waals surface area contributed by atoms with Crippen LogP contribution in [-0.2, 0) is 35.9 Å². The Balaban J connectivity index is 1.98. The van der Waals surface area contributed by atoms with Crippen molar-refractivity contribution in [3.05, 3.63) is 94.3 Å². The van der Waals surface area contributed by atoms with Gasteiger partial charge in [0.25, 0.3) is 11.0 Å². The molecule has 0 spiro atoms. The summed E-state index contributed by atoms with van der Waals surface area (Å²) in [6.07, 6.45) is -1.71. The van der Waals surface area contributed by atoms with E-state index >= 15 is 0 Å². The molecule has 3 rings (SSSR count). The van der Waals surface area contributed by atoms with Crippen molar-refractivity contribution in [2.24, 2.45) is 5.92 Å². The summed E-state index contributed by atoms with van der Waals surface area (Å²) in [5.74, 6) is -2.19. The number of hydrogen-bond acceptors (Lipinski definition) is 7. The first kappa shape index (κ1) is 34.0. The zero-order valence-corrected chi connectivity index (χ0v) is 26.4. The van der Waals surface area contributed by atoms with E-state index in [0.29, 0.717) is 21.7 Å². The number of amides is 1. The highest BCUT2D eigenvalue weighted by Gasteiger charge is 2.36. The Labute approximate surface area is 258 Å². The lowest BCUT2D eigenvalue weighted by molar-refractivity contribution is -0.152. The maximum Gasteiger partial charge on any atom is 0.407 e. The van der Waals surface area contributed by atoms with Crippen LogP contribution < -0.4 is 5.32 Å². The van der Waals surface area contributed by atoms with Gasteiger partial charge in [0, 0.05) is 16.6 Å². The number of esters is 1. The quantitative estimate of drug-likeness (QED) is 0.168. The maximum absolute atomic E-state index is 14.4. The Morgan fingerprint density at radius 2 is 1.65 bits per heavy atom. The molecule has 0 aliphatic rings. The first-order valence-corrected chi connectivity index (χ1v) is 15.3. The molecule has 3 atom stereocenters. The number of alkyl carbamates (subject to hydrolysis) is 1. The Kier molecular flexibility index (Phi) is 12.1. The molecule has 1 N–H and O–H groups in total. The molecule has 11 heteroatoms. The van der Waals surface area contributed by atoms with E-state index in [1.54, 1.807) is 76.2 Å². The summed E-state index contributed by atoms with van der Waals surface area (Å²) >= 11 is 6.06. The van der Waals surface area contributed by atoms with E-state index in [1.807, 2.05) is 6.92 Å². The van der Waals surface area contributed by atoms with E-state index in [1.165, 1.54) is 18.2 Å². The van der Waals surface area contributed by atoms with Crippen molar-refractivity contribution in [1.29, 1.82) is 0 Å². The molecule has 0 radical (unpaired) electrons. The number of hydrogen-bond donors (Lipinski definition) is 2. The molecule has 0 bridgehead atoms. The van der Waals surface area contributed by atoms with E-state index in [0.717, 1.165) is 11.1 Å². The standard InChI is InChI=1S/C32H37ClFNO7S/c1-6-40-30(36)27(29(42-43(38)39)23-11-7-20(2)8-12-23)19-25(35-31(37)41-32(3,4)5)17-21-9-13-22(14-10-21)26-18-24(33)15-16-28(26)34/h7-16,18,25,27,29,43H,6,17,19H2,1-5H3,(H,35,37)/t25-,27+,29?/m1/s1. The highest BCUT2D eigenvalue weighted by atomic mass is 35.5. The van der Waals surface area contributed by atoms with E-state index in [9.17, 15) is 22.4 Å².